The number of rotatable bonds is 5. The van der Waals surface area contributed by atoms with E-state index >= 15 is 0 Å². The van der Waals surface area contributed by atoms with Gasteiger partial charge in [-0.2, -0.15) is 0 Å². The molecule has 0 heterocycles. The van der Waals surface area contributed by atoms with Crippen LogP contribution in [0.25, 0.3) is 0 Å². The quantitative estimate of drug-likeness (QED) is 0.789. The van der Waals surface area contributed by atoms with Crippen molar-refractivity contribution in [3.63, 3.8) is 0 Å². The smallest absolute Gasteiger partial charge is 0.160 e. The number of nitrogens with two attached hydrogens (primary N) is 1. The summed E-state index contributed by atoms with van der Waals surface area (Å²) >= 11 is 11.9. The monoisotopic (exact) mass is 248 g/mol. The summed E-state index contributed by atoms with van der Waals surface area (Å²) < 4.78 is 5.18. The molecule has 15 heavy (non-hydrogen) atoms. The van der Waals surface area contributed by atoms with Gasteiger partial charge in [0.1, 0.15) is 0 Å². The average molecular weight is 249 g/mol. The van der Waals surface area contributed by atoms with Crippen molar-refractivity contribution in [2.45, 2.75) is 6.42 Å². The number of hydrogen-bond donors (Lipinski definition) is 2. The average Bonchev–Trinajstić information content (AvgIpc) is 2.17. The zero-order valence-corrected chi connectivity index (χ0v) is 10.0. The molecule has 0 aromatic heterocycles. The Morgan fingerprint density at radius 1 is 1.40 bits per heavy atom. The minimum absolute atomic E-state index is 0.500. The molecule has 1 aromatic carbocycles. The highest BCUT2D eigenvalue weighted by Gasteiger charge is 2.08. The first-order chi connectivity index (χ1) is 7.19. The van der Waals surface area contributed by atoms with Gasteiger partial charge in [0.05, 0.1) is 17.8 Å². The van der Waals surface area contributed by atoms with Gasteiger partial charge in [-0.3, -0.25) is 0 Å². The number of hydrogen-bond acceptors (Lipinski definition) is 3. The second-order valence-electron chi connectivity index (χ2n) is 3.04. The van der Waals surface area contributed by atoms with E-state index in [9.17, 15) is 0 Å². The molecule has 0 unspecified atom stereocenters. The molecule has 0 spiro atoms. The Kier molecular flexibility index (Phi) is 5.02. The second kappa shape index (κ2) is 6.05. The molecular formula is C10H14Cl2N2O. The first kappa shape index (κ1) is 12.4. The van der Waals surface area contributed by atoms with Gasteiger partial charge in [0, 0.05) is 11.6 Å². The Morgan fingerprint density at radius 2 is 2.13 bits per heavy atom. The molecule has 0 saturated carbocycles. The molecular weight excluding hydrogens is 235 g/mol. The van der Waals surface area contributed by atoms with Gasteiger partial charge in [0.15, 0.2) is 5.75 Å². The normalized spacial score (nSPS) is 10.1. The SMILES string of the molecule is COc1c(Cl)cc(Cl)cc1NCCCN. The van der Waals surface area contributed by atoms with Gasteiger partial charge in [-0.15, -0.1) is 0 Å². The van der Waals surface area contributed by atoms with Gasteiger partial charge in [-0.1, -0.05) is 23.2 Å². The third-order valence-corrected chi connectivity index (χ3v) is 2.41. The fourth-order valence-electron chi connectivity index (χ4n) is 1.22. The van der Waals surface area contributed by atoms with Gasteiger partial charge in [-0.25, -0.2) is 0 Å². The maximum absolute atomic E-state index is 5.97. The molecule has 0 amide bonds. The highest BCUT2D eigenvalue weighted by atomic mass is 35.5. The lowest BCUT2D eigenvalue weighted by Gasteiger charge is -2.12. The van der Waals surface area contributed by atoms with E-state index in [1.54, 1.807) is 19.2 Å². The zero-order chi connectivity index (χ0) is 11.3. The van der Waals surface area contributed by atoms with E-state index in [0.717, 1.165) is 18.7 Å². The highest BCUT2D eigenvalue weighted by molar-refractivity contribution is 6.36. The van der Waals surface area contributed by atoms with Crippen LogP contribution in [0.1, 0.15) is 6.42 Å². The number of benzene rings is 1. The van der Waals surface area contributed by atoms with Crippen molar-refractivity contribution in [2.75, 3.05) is 25.5 Å². The van der Waals surface area contributed by atoms with Crippen molar-refractivity contribution >= 4 is 28.9 Å². The van der Waals surface area contributed by atoms with Crippen molar-refractivity contribution in [3.8, 4) is 5.75 Å². The topological polar surface area (TPSA) is 47.3 Å². The number of ether oxygens (including phenoxy) is 1. The number of methoxy groups -OCH3 is 1. The Balaban J connectivity index is 2.84. The summed E-state index contributed by atoms with van der Waals surface area (Å²) in [4.78, 5) is 0. The van der Waals surface area contributed by atoms with E-state index in [4.69, 9.17) is 33.7 Å². The number of anilines is 1. The summed E-state index contributed by atoms with van der Waals surface area (Å²) in [5, 5.41) is 4.25. The van der Waals surface area contributed by atoms with Crippen LogP contribution in [0.2, 0.25) is 10.0 Å². The first-order valence-electron chi connectivity index (χ1n) is 4.66. The van der Waals surface area contributed by atoms with Crippen LogP contribution in [0.15, 0.2) is 12.1 Å². The molecule has 0 radical (unpaired) electrons. The maximum Gasteiger partial charge on any atom is 0.160 e. The fourth-order valence-corrected chi connectivity index (χ4v) is 1.79. The summed E-state index contributed by atoms with van der Waals surface area (Å²) in [7, 11) is 1.57. The summed E-state index contributed by atoms with van der Waals surface area (Å²) in [6, 6.07) is 3.43. The van der Waals surface area contributed by atoms with Crippen LogP contribution < -0.4 is 15.8 Å². The van der Waals surface area contributed by atoms with Crippen LogP contribution in [0.3, 0.4) is 0 Å². The molecule has 0 bridgehead atoms. The molecule has 1 rings (SSSR count). The molecule has 1 aromatic rings. The molecule has 3 nitrogen and oxygen atoms in total. The molecule has 0 fully saturated rings. The van der Waals surface area contributed by atoms with Gasteiger partial charge in [-0.05, 0) is 25.1 Å². The van der Waals surface area contributed by atoms with Crippen LogP contribution >= 0.6 is 23.2 Å². The largest absolute Gasteiger partial charge is 0.493 e. The number of halogens is 2. The lowest BCUT2D eigenvalue weighted by atomic mass is 10.2. The summed E-state index contributed by atoms with van der Waals surface area (Å²) in [6.45, 7) is 1.41. The van der Waals surface area contributed by atoms with Crippen LogP contribution in [0, 0.1) is 0 Å². The molecule has 5 heteroatoms. The second-order valence-corrected chi connectivity index (χ2v) is 3.88. The maximum atomic E-state index is 5.97. The van der Waals surface area contributed by atoms with Crippen LogP contribution in [-0.2, 0) is 0 Å². The van der Waals surface area contributed by atoms with Gasteiger partial charge < -0.3 is 15.8 Å². The summed E-state index contributed by atoms with van der Waals surface area (Å²) in [5.74, 6) is 0.609. The molecule has 0 aliphatic heterocycles. The molecule has 0 aliphatic rings. The van der Waals surface area contributed by atoms with E-state index in [1.807, 2.05) is 0 Å². The Hall–Kier alpha value is -0.640. The van der Waals surface area contributed by atoms with Crippen molar-refractivity contribution in [1.82, 2.24) is 0 Å². The fraction of sp³-hybridized carbons (Fsp3) is 0.400. The molecule has 0 aliphatic carbocycles. The lowest BCUT2D eigenvalue weighted by molar-refractivity contribution is 0.416. The van der Waals surface area contributed by atoms with Crippen LogP contribution in [0.4, 0.5) is 5.69 Å². The van der Waals surface area contributed by atoms with E-state index in [-0.39, 0.29) is 0 Å². The third-order valence-electron chi connectivity index (χ3n) is 1.91. The summed E-state index contributed by atoms with van der Waals surface area (Å²) in [6.07, 6.45) is 0.882. The summed E-state index contributed by atoms with van der Waals surface area (Å²) in [5.41, 5.74) is 6.19. The van der Waals surface area contributed by atoms with Crippen molar-refractivity contribution < 1.29 is 4.74 Å². The van der Waals surface area contributed by atoms with E-state index in [0.29, 0.717) is 22.3 Å². The first-order valence-corrected chi connectivity index (χ1v) is 5.41. The van der Waals surface area contributed by atoms with Gasteiger partial charge in [0.25, 0.3) is 0 Å². The van der Waals surface area contributed by atoms with Crippen LogP contribution in [0.5, 0.6) is 5.75 Å². The standard InChI is InChI=1S/C10H14Cl2N2O/c1-15-10-8(12)5-7(11)6-9(10)14-4-2-3-13/h5-6,14H,2-4,13H2,1H3. The van der Waals surface area contributed by atoms with E-state index in [1.165, 1.54) is 0 Å². The van der Waals surface area contributed by atoms with Crippen LogP contribution in [-0.4, -0.2) is 20.2 Å². The highest BCUT2D eigenvalue weighted by Crippen LogP contribution is 2.35. The molecule has 0 atom stereocenters. The Labute approximate surface area is 99.5 Å². The van der Waals surface area contributed by atoms with Gasteiger partial charge >= 0.3 is 0 Å². The molecule has 3 N–H and O–H groups in total. The Bertz CT molecular complexity index is 331. The van der Waals surface area contributed by atoms with E-state index < -0.39 is 0 Å². The van der Waals surface area contributed by atoms with Crippen molar-refractivity contribution in [3.05, 3.63) is 22.2 Å². The predicted molar refractivity (Wildman–Crippen MR) is 65.2 cm³/mol. The van der Waals surface area contributed by atoms with Crippen molar-refractivity contribution in [2.24, 2.45) is 5.73 Å². The Morgan fingerprint density at radius 3 is 2.73 bits per heavy atom. The van der Waals surface area contributed by atoms with Gasteiger partial charge in [0.2, 0.25) is 0 Å². The van der Waals surface area contributed by atoms with Crippen molar-refractivity contribution in [1.29, 1.82) is 0 Å². The lowest BCUT2D eigenvalue weighted by Crippen LogP contribution is -2.09. The zero-order valence-electron chi connectivity index (χ0n) is 8.52. The molecule has 0 saturated heterocycles. The molecule has 84 valence electrons. The van der Waals surface area contributed by atoms with E-state index in [2.05, 4.69) is 5.32 Å². The minimum atomic E-state index is 0.500. The predicted octanol–water partition coefficient (Wildman–Crippen LogP) is 2.76. The third kappa shape index (κ3) is 3.45. The minimum Gasteiger partial charge on any atom is -0.493 e. The number of nitrogens with one attached hydrogen (secondary N) is 1.